The van der Waals surface area contributed by atoms with Crippen molar-refractivity contribution in [3.63, 3.8) is 0 Å². The van der Waals surface area contributed by atoms with Gasteiger partial charge in [-0.25, -0.2) is 14.4 Å². The van der Waals surface area contributed by atoms with Gasteiger partial charge >= 0.3 is 0 Å². The molecule has 0 spiro atoms. The van der Waals surface area contributed by atoms with E-state index in [4.69, 9.17) is 9.57 Å². The summed E-state index contributed by atoms with van der Waals surface area (Å²) in [5, 5.41) is 1.49. The minimum atomic E-state index is -1.04. The van der Waals surface area contributed by atoms with E-state index in [2.05, 4.69) is 0 Å². The van der Waals surface area contributed by atoms with Crippen molar-refractivity contribution in [1.29, 1.82) is 0 Å². The normalized spacial score (nSPS) is 22.4. The molecule has 2 aliphatic heterocycles. The number of hydrogen-bond donors (Lipinski definition) is 0. The molecular formula is C25H21FN2O4. The monoisotopic (exact) mass is 432 g/mol. The lowest BCUT2D eigenvalue weighted by Crippen LogP contribution is -2.37. The summed E-state index contributed by atoms with van der Waals surface area (Å²) in [6.07, 6.45) is -1.04. The summed E-state index contributed by atoms with van der Waals surface area (Å²) in [6, 6.07) is 21.3. The molecule has 5 rings (SSSR count). The van der Waals surface area contributed by atoms with Gasteiger partial charge in [-0.15, -0.1) is 0 Å². The number of fused-ring (bicyclic) bond motifs is 1. The number of ether oxygens (including phenoxy) is 1. The Bertz CT molecular complexity index is 1150. The molecule has 2 fully saturated rings. The summed E-state index contributed by atoms with van der Waals surface area (Å²) in [7, 11) is 0. The molecule has 0 N–H and O–H groups in total. The van der Waals surface area contributed by atoms with Crippen LogP contribution in [0.3, 0.4) is 0 Å². The van der Waals surface area contributed by atoms with Crippen molar-refractivity contribution in [2.24, 2.45) is 5.92 Å². The highest BCUT2D eigenvalue weighted by Gasteiger charge is 2.60. The van der Waals surface area contributed by atoms with Gasteiger partial charge in [-0.3, -0.25) is 14.4 Å². The van der Waals surface area contributed by atoms with Crippen LogP contribution in [0.25, 0.3) is 0 Å². The van der Waals surface area contributed by atoms with Crippen molar-refractivity contribution in [2.45, 2.75) is 19.1 Å². The number of para-hydroxylation sites is 1. The number of carbonyl (C=O) groups is 2. The molecule has 2 heterocycles. The molecule has 0 saturated carbocycles. The fourth-order valence-corrected chi connectivity index (χ4v) is 4.36. The maximum absolute atomic E-state index is 14.8. The summed E-state index contributed by atoms with van der Waals surface area (Å²) in [5.41, 5.74) is 1.38. The molecule has 3 aromatic carbocycles. The Morgan fingerprint density at radius 1 is 0.875 bits per heavy atom. The molecule has 6 nitrogen and oxygen atoms in total. The smallest absolute Gasteiger partial charge is 0.266 e. The molecule has 0 bridgehead atoms. The summed E-state index contributed by atoms with van der Waals surface area (Å²) in [5.74, 6) is -1.58. The topological polar surface area (TPSA) is 59.1 Å². The predicted molar refractivity (Wildman–Crippen MR) is 117 cm³/mol. The number of imide groups is 1. The van der Waals surface area contributed by atoms with Crippen LogP contribution in [0.15, 0.2) is 78.9 Å². The molecule has 0 unspecified atom stereocenters. The van der Waals surface area contributed by atoms with E-state index in [1.165, 1.54) is 11.1 Å². The number of hydrogen-bond acceptors (Lipinski definition) is 5. The number of benzene rings is 3. The van der Waals surface area contributed by atoms with Crippen molar-refractivity contribution in [3.8, 4) is 5.75 Å². The molecule has 2 saturated heterocycles. The van der Waals surface area contributed by atoms with Crippen LogP contribution in [0.5, 0.6) is 5.75 Å². The van der Waals surface area contributed by atoms with Gasteiger partial charge in [0.25, 0.3) is 5.91 Å². The van der Waals surface area contributed by atoms with Gasteiger partial charge in [0, 0.05) is 5.56 Å². The highest BCUT2D eigenvalue weighted by molar-refractivity contribution is 6.23. The highest BCUT2D eigenvalue weighted by atomic mass is 19.1. The largest absolute Gasteiger partial charge is 0.494 e. The average molecular weight is 432 g/mol. The summed E-state index contributed by atoms with van der Waals surface area (Å²) < 4.78 is 20.3. The van der Waals surface area contributed by atoms with E-state index in [1.54, 1.807) is 54.6 Å². The fourth-order valence-electron chi connectivity index (χ4n) is 4.36. The summed E-state index contributed by atoms with van der Waals surface area (Å²) in [6.45, 7) is 2.39. The van der Waals surface area contributed by atoms with Gasteiger partial charge in [0.15, 0.2) is 6.10 Å². The van der Waals surface area contributed by atoms with Crippen molar-refractivity contribution in [1.82, 2.24) is 0 Å². The Kier molecular flexibility index (Phi) is 5.11. The number of rotatable bonds is 5. The molecule has 3 aromatic rings. The Morgan fingerprint density at radius 2 is 1.56 bits per heavy atom. The Morgan fingerprint density at radius 3 is 2.25 bits per heavy atom. The van der Waals surface area contributed by atoms with Crippen molar-refractivity contribution in [2.75, 3.05) is 16.6 Å². The quantitative estimate of drug-likeness (QED) is 0.564. The van der Waals surface area contributed by atoms with Crippen LogP contribution in [0, 0.1) is 11.7 Å². The van der Waals surface area contributed by atoms with E-state index >= 15 is 0 Å². The zero-order valence-electron chi connectivity index (χ0n) is 17.4. The third kappa shape index (κ3) is 3.22. The minimum absolute atomic E-state index is 0.304. The average Bonchev–Trinajstić information content (AvgIpc) is 3.32. The molecule has 0 radical (unpaired) electrons. The third-order valence-electron chi connectivity index (χ3n) is 5.76. The first-order valence-electron chi connectivity index (χ1n) is 10.5. The van der Waals surface area contributed by atoms with Gasteiger partial charge in [-0.2, -0.15) is 0 Å². The number of nitrogens with zero attached hydrogens (tertiary/aromatic N) is 2. The van der Waals surface area contributed by atoms with Crippen LogP contribution in [0.4, 0.5) is 15.8 Å². The zero-order valence-corrected chi connectivity index (χ0v) is 17.4. The highest BCUT2D eigenvalue weighted by Crippen LogP contribution is 2.48. The molecule has 0 aromatic heterocycles. The van der Waals surface area contributed by atoms with Crippen LogP contribution >= 0.6 is 0 Å². The van der Waals surface area contributed by atoms with Crippen LogP contribution in [0.1, 0.15) is 18.5 Å². The number of carbonyl (C=O) groups excluding carboxylic acids is 2. The van der Waals surface area contributed by atoms with E-state index in [9.17, 15) is 14.0 Å². The molecule has 3 atom stereocenters. The molecular weight excluding hydrogens is 411 g/mol. The van der Waals surface area contributed by atoms with Crippen LogP contribution in [-0.2, 0) is 14.4 Å². The molecule has 32 heavy (non-hydrogen) atoms. The van der Waals surface area contributed by atoms with Gasteiger partial charge in [0.05, 0.1) is 24.0 Å². The first-order valence-corrected chi connectivity index (χ1v) is 10.5. The summed E-state index contributed by atoms with van der Waals surface area (Å²) in [4.78, 5) is 33.9. The van der Waals surface area contributed by atoms with E-state index in [0.717, 1.165) is 4.90 Å². The maximum Gasteiger partial charge on any atom is 0.266 e. The van der Waals surface area contributed by atoms with E-state index in [1.807, 2.05) is 25.1 Å². The molecule has 2 aliphatic rings. The van der Waals surface area contributed by atoms with Gasteiger partial charge in [0.1, 0.15) is 17.5 Å². The van der Waals surface area contributed by atoms with E-state index in [-0.39, 0.29) is 0 Å². The van der Waals surface area contributed by atoms with E-state index in [0.29, 0.717) is 29.3 Å². The number of halogens is 1. The lowest BCUT2D eigenvalue weighted by atomic mass is 9.90. The second-order valence-corrected chi connectivity index (χ2v) is 7.62. The summed E-state index contributed by atoms with van der Waals surface area (Å²) >= 11 is 0. The Balaban J connectivity index is 1.55. The van der Waals surface area contributed by atoms with Crippen LogP contribution in [0.2, 0.25) is 0 Å². The van der Waals surface area contributed by atoms with Gasteiger partial charge in [-0.1, -0.05) is 36.4 Å². The Labute approximate surface area is 184 Å². The number of amides is 2. The predicted octanol–water partition coefficient (Wildman–Crippen LogP) is 4.28. The van der Waals surface area contributed by atoms with E-state index < -0.39 is 35.7 Å². The molecule has 7 heteroatoms. The van der Waals surface area contributed by atoms with Crippen LogP contribution < -0.4 is 14.7 Å². The lowest BCUT2D eigenvalue weighted by Gasteiger charge is -2.29. The van der Waals surface area contributed by atoms with Gasteiger partial charge in [0.2, 0.25) is 5.91 Å². The number of hydroxylamine groups is 1. The minimum Gasteiger partial charge on any atom is -0.494 e. The Hall–Kier alpha value is -3.71. The molecule has 162 valence electrons. The van der Waals surface area contributed by atoms with Crippen LogP contribution in [-0.4, -0.2) is 24.5 Å². The fraction of sp³-hybridized carbons (Fsp3) is 0.200. The molecule has 2 amide bonds. The first-order chi connectivity index (χ1) is 15.6. The lowest BCUT2D eigenvalue weighted by molar-refractivity contribution is -0.126. The van der Waals surface area contributed by atoms with Crippen molar-refractivity contribution in [3.05, 3.63) is 90.2 Å². The standard InChI is InChI=1S/C25H21FN2O4/c1-2-31-18-14-12-16(13-15-18)27-24(29)21-22(19-10-6-7-11-20(19)26)28(32-23(21)25(27)30)17-8-4-3-5-9-17/h3-15,21-23H,2H2,1H3/t21-,22-,23-/m1/s1. The number of anilines is 2. The second-order valence-electron chi connectivity index (χ2n) is 7.62. The van der Waals surface area contributed by atoms with Gasteiger partial charge < -0.3 is 4.74 Å². The maximum atomic E-state index is 14.8. The second kappa shape index (κ2) is 8.09. The third-order valence-corrected chi connectivity index (χ3v) is 5.76. The van der Waals surface area contributed by atoms with Crippen molar-refractivity contribution >= 4 is 23.2 Å². The first kappa shape index (κ1) is 20.2. The zero-order chi connectivity index (χ0) is 22.2. The molecule has 0 aliphatic carbocycles. The van der Waals surface area contributed by atoms with Gasteiger partial charge in [-0.05, 0) is 49.4 Å². The van der Waals surface area contributed by atoms with Crippen molar-refractivity contribution < 1.29 is 23.6 Å². The SMILES string of the molecule is CCOc1ccc(N2C(=O)[C@@H]3[C@@H](c4ccccc4F)N(c4ccccc4)O[C@H]3C2=O)cc1.